The van der Waals surface area contributed by atoms with Crippen molar-refractivity contribution in [2.45, 2.75) is 23.8 Å². The molecule has 0 saturated heterocycles. The summed E-state index contributed by atoms with van der Waals surface area (Å²) < 4.78 is 29.9. The van der Waals surface area contributed by atoms with Crippen LogP contribution in [-0.4, -0.2) is 49.7 Å². The topological polar surface area (TPSA) is 139 Å². The summed E-state index contributed by atoms with van der Waals surface area (Å²) in [5, 5.41) is 7.50. The van der Waals surface area contributed by atoms with Gasteiger partial charge in [0.05, 0.1) is 27.2 Å². The molecular formula is C21H23N5O4S. The molecule has 3 aromatic rings. The second kappa shape index (κ2) is 7.16. The summed E-state index contributed by atoms with van der Waals surface area (Å²) in [7, 11) is -3.39. The molecule has 1 aliphatic carbocycles. The van der Waals surface area contributed by atoms with Crippen LogP contribution in [0.15, 0.2) is 35.5 Å². The van der Waals surface area contributed by atoms with E-state index in [2.05, 4.69) is 20.6 Å². The first-order chi connectivity index (χ1) is 14.8. The first-order valence-corrected chi connectivity index (χ1v) is 12.0. The standard InChI is InChI=1S/C21H23N5O4S/c1-31(28,29)14-6-12(9-23-10-14)18-20-17-15(26-18)7-13(8-16(17)30-5-4-24-20)25-19(21(22)27)11-2-3-11/h6-11,19,24-26H,2-5H2,1H3,(H2,22,27)/t19-/m0/s1. The Bertz CT molecular complexity index is 1300. The highest BCUT2D eigenvalue weighted by atomic mass is 32.2. The molecule has 3 heterocycles. The zero-order chi connectivity index (χ0) is 21.8. The number of amides is 1. The lowest BCUT2D eigenvalue weighted by atomic mass is 10.1. The molecule has 0 spiro atoms. The van der Waals surface area contributed by atoms with E-state index < -0.39 is 15.9 Å². The molecule has 1 aromatic carbocycles. The number of hydrogen-bond acceptors (Lipinski definition) is 7. The fourth-order valence-electron chi connectivity index (χ4n) is 4.01. The smallest absolute Gasteiger partial charge is 0.240 e. The van der Waals surface area contributed by atoms with Crippen molar-refractivity contribution in [2.24, 2.45) is 11.7 Å². The summed E-state index contributed by atoms with van der Waals surface area (Å²) in [6.07, 6.45) is 6.09. The zero-order valence-corrected chi connectivity index (χ0v) is 17.8. The fourth-order valence-corrected chi connectivity index (χ4v) is 4.60. The van der Waals surface area contributed by atoms with Gasteiger partial charge in [0.15, 0.2) is 9.84 Å². The number of pyridine rings is 1. The molecule has 9 nitrogen and oxygen atoms in total. The molecule has 0 bridgehead atoms. The number of carbonyl (C=O) groups excluding carboxylic acids is 1. The second-order valence-electron chi connectivity index (χ2n) is 8.09. The van der Waals surface area contributed by atoms with Gasteiger partial charge in [-0.25, -0.2) is 8.42 Å². The van der Waals surface area contributed by atoms with Gasteiger partial charge >= 0.3 is 0 Å². The second-order valence-corrected chi connectivity index (χ2v) is 10.1. The van der Waals surface area contributed by atoms with Crippen LogP contribution in [0.5, 0.6) is 5.75 Å². The molecule has 10 heteroatoms. The van der Waals surface area contributed by atoms with Crippen molar-refractivity contribution < 1.29 is 17.9 Å². The Kier molecular flexibility index (Phi) is 4.54. The van der Waals surface area contributed by atoms with Crippen molar-refractivity contribution >= 4 is 38.0 Å². The van der Waals surface area contributed by atoms with E-state index in [4.69, 9.17) is 10.5 Å². The first-order valence-electron chi connectivity index (χ1n) is 10.1. The van der Waals surface area contributed by atoms with Gasteiger partial charge < -0.3 is 26.1 Å². The third-order valence-corrected chi connectivity index (χ3v) is 6.75. The van der Waals surface area contributed by atoms with Crippen LogP contribution >= 0.6 is 0 Å². The largest absolute Gasteiger partial charge is 0.491 e. The minimum atomic E-state index is -3.39. The lowest BCUT2D eigenvalue weighted by Crippen LogP contribution is -2.37. The van der Waals surface area contributed by atoms with Gasteiger partial charge in [0.25, 0.3) is 0 Å². The quantitative estimate of drug-likeness (QED) is 0.459. The Morgan fingerprint density at radius 1 is 1.29 bits per heavy atom. The van der Waals surface area contributed by atoms with Gasteiger partial charge in [-0.05, 0) is 30.9 Å². The maximum absolute atomic E-state index is 12.0. The Hall–Kier alpha value is -3.27. The number of hydrogen-bond donors (Lipinski definition) is 4. The molecule has 1 fully saturated rings. The van der Waals surface area contributed by atoms with Crippen LogP contribution < -0.4 is 21.1 Å². The molecule has 0 radical (unpaired) electrons. The van der Waals surface area contributed by atoms with E-state index in [0.29, 0.717) is 24.5 Å². The van der Waals surface area contributed by atoms with Crippen molar-refractivity contribution in [3.05, 3.63) is 30.6 Å². The van der Waals surface area contributed by atoms with Crippen molar-refractivity contribution in [1.82, 2.24) is 9.97 Å². The number of nitrogens with one attached hydrogen (secondary N) is 3. The summed E-state index contributed by atoms with van der Waals surface area (Å²) in [5.41, 5.74) is 9.33. The molecule has 0 unspecified atom stereocenters. The first kappa shape index (κ1) is 19.7. The minimum absolute atomic E-state index is 0.150. The number of nitrogens with zero attached hydrogens (tertiary/aromatic N) is 1. The fraction of sp³-hybridized carbons (Fsp3) is 0.333. The molecule has 1 saturated carbocycles. The predicted molar refractivity (Wildman–Crippen MR) is 118 cm³/mol. The van der Waals surface area contributed by atoms with Gasteiger partial charge in [-0.3, -0.25) is 9.78 Å². The molecule has 31 heavy (non-hydrogen) atoms. The van der Waals surface area contributed by atoms with E-state index in [1.165, 1.54) is 6.20 Å². The van der Waals surface area contributed by atoms with Crippen LogP contribution in [0, 0.1) is 5.92 Å². The lowest BCUT2D eigenvalue weighted by Gasteiger charge is -2.17. The lowest BCUT2D eigenvalue weighted by molar-refractivity contribution is -0.119. The number of sulfone groups is 1. The monoisotopic (exact) mass is 441 g/mol. The molecule has 5 N–H and O–H groups in total. The van der Waals surface area contributed by atoms with Crippen LogP contribution in [0.4, 0.5) is 11.4 Å². The van der Waals surface area contributed by atoms with Gasteiger partial charge in [-0.1, -0.05) is 0 Å². The summed E-state index contributed by atoms with van der Waals surface area (Å²) in [6.45, 7) is 1.05. The summed E-state index contributed by atoms with van der Waals surface area (Å²) in [4.78, 5) is 19.5. The molecule has 2 aliphatic rings. The number of H-pyrrole nitrogens is 1. The Morgan fingerprint density at radius 2 is 2.10 bits per heavy atom. The van der Waals surface area contributed by atoms with Crippen LogP contribution in [0.25, 0.3) is 22.2 Å². The highest BCUT2D eigenvalue weighted by Crippen LogP contribution is 2.43. The van der Waals surface area contributed by atoms with E-state index in [1.54, 1.807) is 12.3 Å². The van der Waals surface area contributed by atoms with Gasteiger partial charge in [0.1, 0.15) is 18.4 Å². The number of anilines is 2. The average molecular weight is 442 g/mol. The number of benzene rings is 1. The van der Waals surface area contributed by atoms with Crippen LogP contribution in [-0.2, 0) is 14.6 Å². The Balaban J connectivity index is 1.63. The highest BCUT2D eigenvalue weighted by Gasteiger charge is 2.35. The van der Waals surface area contributed by atoms with Gasteiger partial charge in [0, 0.05) is 42.5 Å². The van der Waals surface area contributed by atoms with Crippen LogP contribution in [0.3, 0.4) is 0 Å². The third kappa shape index (κ3) is 3.67. The SMILES string of the molecule is CS(=O)(=O)c1cncc(-c2[nH]c3cc(N[C@H](C(N)=O)C4CC4)cc4c3c2NCCO4)c1. The van der Waals surface area contributed by atoms with E-state index in [-0.39, 0.29) is 16.7 Å². The van der Waals surface area contributed by atoms with Crippen LogP contribution in [0.2, 0.25) is 0 Å². The molecule has 1 atom stereocenters. The number of aromatic nitrogens is 2. The van der Waals surface area contributed by atoms with Gasteiger partial charge in [-0.15, -0.1) is 0 Å². The highest BCUT2D eigenvalue weighted by molar-refractivity contribution is 7.90. The number of nitrogens with two attached hydrogens (primary N) is 1. The Labute approximate surface area is 179 Å². The molecule has 1 amide bonds. The minimum Gasteiger partial charge on any atom is -0.491 e. The molecule has 2 aromatic heterocycles. The molecule has 162 valence electrons. The van der Waals surface area contributed by atoms with Crippen molar-refractivity contribution in [3.8, 4) is 17.0 Å². The zero-order valence-electron chi connectivity index (χ0n) is 16.9. The van der Waals surface area contributed by atoms with Crippen molar-refractivity contribution in [3.63, 3.8) is 0 Å². The average Bonchev–Trinajstić information content (AvgIpc) is 3.51. The maximum atomic E-state index is 12.0. The number of primary amides is 1. The predicted octanol–water partition coefficient (Wildman–Crippen LogP) is 2.11. The number of aromatic amines is 1. The van der Waals surface area contributed by atoms with Crippen LogP contribution in [0.1, 0.15) is 12.8 Å². The van der Waals surface area contributed by atoms with Gasteiger partial charge in [-0.2, -0.15) is 0 Å². The molecule has 1 aliphatic heterocycles. The molecular weight excluding hydrogens is 418 g/mol. The van der Waals surface area contributed by atoms with Crippen molar-refractivity contribution in [2.75, 3.05) is 30.0 Å². The number of rotatable bonds is 6. The van der Waals surface area contributed by atoms with Crippen molar-refractivity contribution in [1.29, 1.82) is 0 Å². The maximum Gasteiger partial charge on any atom is 0.240 e. The normalized spacial score (nSPS) is 16.8. The van der Waals surface area contributed by atoms with Gasteiger partial charge in [0.2, 0.25) is 5.91 Å². The van der Waals surface area contributed by atoms with E-state index in [9.17, 15) is 13.2 Å². The van der Waals surface area contributed by atoms with E-state index in [1.807, 2.05) is 12.1 Å². The summed E-state index contributed by atoms with van der Waals surface area (Å²) in [6, 6.07) is 4.97. The number of ether oxygens (including phenoxy) is 1. The Morgan fingerprint density at radius 3 is 2.81 bits per heavy atom. The third-order valence-electron chi connectivity index (χ3n) is 5.68. The van der Waals surface area contributed by atoms with E-state index >= 15 is 0 Å². The molecule has 5 rings (SSSR count). The van der Waals surface area contributed by atoms with E-state index in [0.717, 1.165) is 47.1 Å². The summed E-state index contributed by atoms with van der Waals surface area (Å²) in [5.74, 6) is 0.566. The summed E-state index contributed by atoms with van der Waals surface area (Å²) >= 11 is 0. The number of carbonyl (C=O) groups is 1.